The minimum absolute atomic E-state index is 0.216. The van der Waals surface area contributed by atoms with Gasteiger partial charge in [-0.25, -0.2) is 19.7 Å². The number of fused-ring (bicyclic) bond motifs is 1. The normalized spacial score (nSPS) is 15.0. The molecule has 136 valence electrons. The van der Waals surface area contributed by atoms with Crippen LogP contribution in [0.4, 0.5) is 0 Å². The van der Waals surface area contributed by atoms with Crippen molar-refractivity contribution in [1.29, 1.82) is 5.26 Å². The van der Waals surface area contributed by atoms with E-state index in [1.807, 2.05) is 24.5 Å². The summed E-state index contributed by atoms with van der Waals surface area (Å²) in [6, 6.07) is 3.85. The van der Waals surface area contributed by atoms with Crippen molar-refractivity contribution in [2.75, 3.05) is 26.2 Å². The van der Waals surface area contributed by atoms with E-state index in [9.17, 15) is 0 Å². The lowest BCUT2D eigenvalue weighted by Gasteiger charge is -2.27. The van der Waals surface area contributed by atoms with Crippen LogP contribution in [0.15, 0.2) is 41.4 Å². The third-order valence-electron chi connectivity index (χ3n) is 4.81. The summed E-state index contributed by atoms with van der Waals surface area (Å²) in [5, 5.41) is 13.2. The molecule has 27 heavy (non-hydrogen) atoms. The average Bonchev–Trinajstić information content (AvgIpc) is 3.09. The molecule has 0 radical (unpaired) electrons. The first-order valence-electron chi connectivity index (χ1n) is 8.93. The molecule has 1 saturated heterocycles. The van der Waals surface area contributed by atoms with Gasteiger partial charge in [-0.15, -0.1) is 0 Å². The second kappa shape index (κ2) is 8.07. The fourth-order valence-electron chi connectivity index (χ4n) is 3.20. The molecule has 1 fully saturated rings. The van der Waals surface area contributed by atoms with Crippen molar-refractivity contribution in [2.45, 2.75) is 12.6 Å². The molecule has 0 aliphatic carbocycles. The quantitative estimate of drug-likeness (QED) is 0.586. The number of aromatic nitrogens is 4. The summed E-state index contributed by atoms with van der Waals surface area (Å²) in [7, 11) is 0. The predicted molar refractivity (Wildman–Crippen MR) is 107 cm³/mol. The molecule has 0 spiro atoms. The first-order chi connectivity index (χ1) is 13.2. The van der Waals surface area contributed by atoms with Crippen LogP contribution in [-0.4, -0.2) is 57.4 Å². The van der Waals surface area contributed by atoms with Gasteiger partial charge in [-0.1, -0.05) is 0 Å². The lowest BCUT2D eigenvalue weighted by atomic mass is 9.45. The maximum absolute atomic E-state index is 8.95. The molecule has 0 saturated carbocycles. The van der Waals surface area contributed by atoms with Crippen LogP contribution in [0.1, 0.15) is 0 Å². The summed E-state index contributed by atoms with van der Waals surface area (Å²) in [5.74, 6) is 2.97. The molecule has 4 rings (SSSR count). The van der Waals surface area contributed by atoms with E-state index in [1.165, 1.54) is 0 Å². The van der Waals surface area contributed by atoms with Crippen molar-refractivity contribution in [3.8, 4) is 23.0 Å². The maximum atomic E-state index is 8.95. The highest BCUT2D eigenvalue weighted by molar-refractivity contribution is 9.10. The third kappa shape index (κ3) is 4.12. The monoisotopic (exact) mass is 424 g/mol. The van der Waals surface area contributed by atoms with Gasteiger partial charge >= 0.3 is 0 Å². The largest absolute Gasteiger partial charge is 0.476 e. The summed E-state index contributed by atoms with van der Waals surface area (Å²) in [5.41, 5.74) is 2.69. The maximum Gasteiger partial charge on any atom is 0.270 e. The van der Waals surface area contributed by atoms with Crippen LogP contribution < -0.4 is 4.74 Å². The van der Waals surface area contributed by atoms with Crippen molar-refractivity contribution >= 4 is 28.3 Å². The molecule has 0 atom stereocenters. The van der Waals surface area contributed by atoms with Gasteiger partial charge in [0.15, 0.2) is 5.65 Å². The van der Waals surface area contributed by atoms with Crippen molar-refractivity contribution in [3.63, 3.8) is 0 Å². The van der Waals surface area contributed by atoms with Crippen molar-refractivity contribution in [1.82, 2.24) is 24.5 Å². The number of pyridine rings is 1. The van der Waals surface area contributed by atoms with E-state index in [0.717, 1.165) is 53.5 Å². The van der Waals surface area contributed by atoms with Gasteiger partial charge in [0, 0.05) is 48.3 Å². The molecule has 0 N–H and O–H groups in total. The van der Waals surface area contributed by atoms with Gasteiger partial charge in [-0.3, -0.25) is 0 Å². The van der Waals surface area contributed by atoms with Crippen LogP contribution in [0.3, 0.4) is 0 Å². The SMILES string of the molecule is N#CB1CCN(CCOc2ccc(-c3cnc4c(Br)cnn4c3)cn2)CC1. The van der Waals surface area contributed by atoms with E-state index >= 15 is 0 Å². The molecular formula is C18H18BBrN6O. The Morgan fingerprint density at radius 1 is 1.15 bits per heavy atom. The molecule has 4 heterocycles. The number of nitrogens with zero attached hydrogens (tertiary/aromatic N) is 6. The van der Waals surface area contributed by atoms with Gasteiger partial charge in [0.1, 0.15) is 6.61 Å². The number of halogens is 1. The zero-order valence-electron chi connectivity index (χ0n) is 14.8. The highest BCUT2D eigenvalue weighted by Gasteiger charge is 2.22. The first kappa shape index (κ1) is 18.0. The number of nitriles is 1. The molecule has 9 heteroatoms. The van der Waals surface area contributed by atoms with Gasteiger partial charge in [0.05, 0.1) is 10.7 Å². The molecule has 1 aliphatic heterocycles. The second-order valence-corrected chi connectivity index (χ2v) is 7.44. The Hall–Kier alpha value is -2.44. The Bertz CT molecular complexity index is 962. The highest BCUT2D eigenvalue weighted by Crippen LogP contribution is 2.22. The standard InChI is InChI=1S/C18H18BBrN6O/c20-16-11-24-26-12-15(10-23-18(16)26)14-1-2-17(22-9-14)27-8-7-25-5-3-19(13-21)4-6-25/h1-2,9-12H,3-8H2. The average molecular weight is 425 g/mol. The van der Waals surface area contributed by atoms with E-state index in [4.69, 9.17) is 10.00 Å². The molecule has 1 aliphatic rings. The van der Waals surface area contributed by atoms with Crippen LogP contribution in [0.2, 0.25) is 12.6 Å². The lowest BCUT2D eigenvalue weighted by Crippen LogP contribution is -2.38. The van der Waals surface area contributed by atoms with Crippen LogP contribution in [-0.2, 0) is 0 Å². The molecular weight excluding hydrogens is 407 g/mol. The summed E-state index contributed by atoms with van der Waals surface area (Å²) >= 11 is 3.42. The molecule has 0 amide bonds. The van der Waals surface area contributed by atoms with Gasteiger partial charge in [0.2, 0.25) is 5.88 Å². The highest BCUT2D eigenvalue weighted by atomic mass is 79.9. The number of hydrogen-bond donors (Lipinski definition) is 0. The number of rotatable bonds is 5. The predicted octanol–water partition coefficient (Wildman–Crippen LogP) is 2.81. The smallest absolute Gasteiger partial charge is 0.270 e. The van der Waals surface area contributed by atoms with Crippen LogP contribution in [0, 0.1) is 11.2 Å². The van der Waals surface area contributed by atoms with Crippen molar-refractivity contribution < 1.29 is 4.74 Å². The minimum atomic E-state index is 0.216. The van der Waals surface area contributed by atoms with Gasteiger partial charge in [-0.05, 0) is 47.7 Å². The topological polar surface area (TPSA) is 79.3 Å². The number of ether oxygens (including phenoxy) is 1. The van der Waals surface area contributed by atoms with Crippen LogP contribution >= 0.6 is 15.9 Å². The fraction of sp³-hybridized carbons (Fsp3) is 0.333. The zero-order chi connectivity index (χ0) is 18.6. The summed E-state index contributed by atoms with van der Waals surface area (Å²) in [4.78, 5) is 11.2. The second-order valence-electron chi connectivity index (χ2n) is 6.58. The van der Waals surface area contributed by atoms with Gasteiger partial charge in [-0.2, -0.15) is 5.10 Å². The molecule has 0 unspecified atom stereocenters. The third-order valence-corrected chi connectivity index (χ3v) is 5.37. The Kier molecular flexibility index (Phi) is 5.36. The van der Waals surface area contributed by atoms with E-state index in [2.05, 4.69) is 41.9 Å². The zero-order valence-corrected chi connectivity index (χ0v) is 16.3. The Morgan fingerprint density at radius 2 is 1.96 bits per heavy atom. The molecule has 0 bridgehead atoms. The number of hydrogen-bond acceptors (Lipinski definition) is 6. The molecule has 3 aromatic rings. The molecule has 7 nitrogen and oxygen atoms in total. The fourth-order valence-corrected chi connectivity index (χ4v) is 3.57. The minimum Gasteiger partial charge on any atom is -0.476 e. The van der Waals surface area contributed by atoms with E-state index in [-0.39, 0.29) is 6.71 Å². The molecule has 0 aromatic carbocycles. The summed E-state index contributed by atoms with van der Waals surface area (Å²) < 4.78 is 8.37. The van der Waals surface area contributed by atoms with Gasteiger partial charge < -0.3 is 9.64 Å². The Balaban J connectivity index is 1.32. The van der Waals surface area contributed by atoms with Crippen molar-refractivity contribution in [3.05, 3.63) is 41.4 Å². The Morgan fingerprint density at radius 3 is 2.70 bits per heavy atom. The van der Waals surface area contributed by atoms with E-state index in [1.54, 1.807) is 16.9 Å². The van der Waals surface area contributed by atoms with E-state index < -0.39 is 0 Å². The van der Waals surface area contributed by atoms with Crippen LogP contribution in [0.5, 0.6) is 5.88 Å². The first-order valence-corrected chi connectivity index (χ1v) is 9.72. The van der Waals surface area contributed by atoms with Gasteiger partial charge in [0.25, 0.3) is 6.71 Å². The summed E-state index contributed by atoms with van der Waals surface area (Å²) in [6.07, 6.45) is 9.15. The Labute approximate surface area is 166 Å². The molecule has 3 aromatic heterocycles. The lowest BCUT2D eigenvalue weighted by molar-refractivity contribution is 0.213. The van der Waals surface area contributed by atoms with Crippen LogP contribution in [0.25, 0.3) is 16.8 Å². The van der Waals surface area contributed by atoms with Crippen molar-refractivity contribution in [2.24, 2.45) is 0 Å². The van der Waals surface area contributed by atoms with E-state index in [0.29, 0.717) is 12.5 Å². The summed E-state index contributed by atoms with van der Waals surface area (Å²) in [6.45, 7) is 3.60.